The molecule has 0 aliphatic heterocycles. The molecule has 2 aromatic rings. The number of halogens is 1. The van der Waals surface area contributed by atoms with Crippen molar-refractivity contribution in [3.05, 3.63) is 35.8 Å². The molecule has 4 nitrogen and oxygen atoms in total. The number of Topliss-reactive ketones (excluding diaryl/α,β-unsaturated/α-hetero) is 1. The van der Waals surface area contributed by atoms with E-state index >= 15 is 0 Å². The first-order valence-electron chi connectivity index (χ1n) is 5.77. The average Bonchev–Trinajstić information content (AvgIpc) is 2.74. The third-order valence-corrected chi connectivity index (χ3v) is 2.98. The predicted molar refractivity (Wildman–Crippen MR) is 67.0 cm³/mol. The molecule has 1 aromatic carbocycles. The third-order valence-electron chi connectivity index (χ3n) is 2.98. The molecule has 2 rings (SSSR count). The van der Waals surface area contributed by atoms with Crippen LogP contribution < -0.4 is 5.73 Å². The second kappa shape index (κ2) is 4.88. The van der Waals surface area contributed by atoms with Crippen molar-refractivity contribution >= 4 is 16.7 Å². The highest BCUT2D eigenvalue weighted by Crippen LogP contribution is 2.23. The lowest BCUT2D eigenvalue weighted by molar-refractivity contribution is 0.0927. The number of hydrogen-bond acceptors (Lipinski definition) is 3. The number of aliphatic hydroxyl groups excluding tert-OH is 1. The Morgan fingerprint density at radius 1 is 1.56 bits per heavy atom. The van der Waals surface area contributed by atoms with Gasteiger partial charge in [0.15, 0.2) is 5.78 Å². The third kappa shape index (κ3) is 2.02. The molecule has 1 atom stereocenters. The molecule has 0 radical (unpaired) electrons. The summed E-state index contributed by atoms with van der Waals surface area (Å²) < 4.78 is 15.0. The summed E-state index contributed by atoms with van der Waals surface area (Å²) in [7, 11) is 0. The fourth-order valence-corrected chi connectivity index (χ4v) is 2.01. The van der Waals surface area contributed by atoms with Crippen molar-refractivity contribution < 1.29 is 14.3 Å². The van der Waals surface area contributed by atoms with Gasteiger partial charge in [0, 0.05) is 23.7 Å². The first-order valence-corrected chi connectivity index (χ1v) is 5.77. The fraction of sp³-hybridized carbons (Fsp3) is 0.308. The van der Waals surface area contributed by atoms with E-state index in [4.69, 9.17) is 10.8 Å². The van der Waals surface area contributed by atoms with Gasteiger partial charge in [-0.05, 0) is 25.1 Å². The minimum atomic E-state index is -0.939. The van der Waals surface area contributed by atoms with Crippen molar-refractivity contribution in [1.82, 2.24) is 4.57 Å². The highest BCUT2D eigenvalue weighted by molar-refractivity contribution is 6.10. The number of aliphatic hydroxyl groups is 1. The van der Waals surface area contributed by atoms with Crippen LogP contribution in [0.5, 0.6) is 0 Å². The van der Waals surface area contributed by atoms with Gasteiger partial charge in [-0.3, -0.25) is 4.79 Å². The second-order valence-corrected chi connectivity index (χ2v) is 4.14. The number of ketones is 1. The van der Waals surface area contributed by atoms with Crippen LogP contribution in [-0.4, -0.2) is 28.1 Å². The van der Waals surface area contributed by atoms with Crippen LogP contribution >= 0.6 is 0 Å². The maximum Gasteiger partial charge on any atom is 0.184 e. The molecule has 0 amide bonds. The van der Waals surface area contributed by atoms with E-state index in [0.717, 1.165) is 0 Å². The smallest absolute Gasteiger partial charge is 0.184 e. The van der Waals surface area contributed by atoms with Crippen LogP contribution in [0.2, 0.25) is 0 Å². The molecule has 1 unspecified atom stereocenters. The number of nitrogens with zero attached hydrogens (tertiary/aromatic N) is 1. The zero-order chi connectivity index (χ0) is 13.3. The fourth-order valence-electron chi connectivity index (χ4n) is 2.01. The van der Waals surface area contributed by atoms with Gasteiger partial charge in [0.25, 0.3) is 0 Å². The molecular weight excluding hydrogens is 235 g/mol. The summed E-state index contributed by atoms with van der Waals surface area (Å²) in [6.45, 7) is 2.13. The molecule has 0 spiro atoms. The van der Waals surface area contributed by atoms with Gasteiger partial charge in [0.05, 0.1) is 18.2 Å². The molecule has 0 aliphatic rings. The molecule has 0 fully saturated rings. The lowest BCUT2D eigenvalue weighted by Gasteiger charge is -2.05. The number of nitrogens with two attached hydrogens (primary N) is 1. The molecule has 1 aromatic heterocycles. The summed E-state index contributed by atoms with van der Waals surface area (Å²) in [6.07, 6.45) is 1.65. The predicted octanol–water partition coefficient (Wildman–Crippen LogP) is 1.30. The summed E-state index contributed by atoms with van der Waals surface area (Å²) >= 11 is 0. The van der Waals surface area contributed by atoms with E-state index in [1.807, 2.05) is 6.92 Å². The normalized spacial score (nSPS) is 12.9. The minimum Gasteiger partial charge on any atom is -0.394 e. The van der Waals surface area contributed by atoms with E-state index in [0.29, 0.717) is 23.0 Å². The summed E-state index contributed by atoms with van der Waals surface area (Å²) in [4.78, 5) is 12.0. The molecule has 96 valence electrons. The SMILES string of the molecule is CCn1cc(C(=O)C(N)CO)c2ccc(F)cc21. The highest BCUT2D eigenvalue weighted by atomic mass is 19.1. The number of carbonyl (C=O) groups is 1. The van der Waals surface area contributed by atoms with Crippen molar-refractivity contribution in [1.29, 1.82) is 0 Å². The largest absolute Gasteiger partial charge is 0.394 e. The standard InChI is InChI=1S/C13H15FN2O2/c1-2-16-6-10(13(18)11(15)7-17)9-4-3-8(14)5-12(9)16/h3-6,11,17H,2,7,15H2,1H3. The molecule has 0 aliphatic carbocycles. The summed E-state index contributed by atoms with van der Waals surface area (Å²) in [5, 5.41) is 9.59. The number of carbonyl (C=O) groups excluding carboxylic acids is 1. The monoisotopic (exact) mass is 250 g/mol. The number of fused-ring (bicyclic) bond motifs is 1. The van der Waals surface area contributed by atoms with Crippen molar-refractivity contribution in [3.8, 4) is 0 Å². The van der Waals surface area contributed by atoms with Crippen LogP contribution in [0.4, 0.5) is 4.39 Å². The molecular formula is C13H15FN2O2. The van der Waals surface area contributed by atoms with Gasteiger partial charge < -0.3 is 15.4 Å². The summed E-state index contributed by atoms with van der Waals surface area (Å²) in [5.41, 5.74) is 6.62. The Hall–Kier alpha value is -1.72. The molecule has 18 heavy (non-hydrogen) atoms. The minimum absolute atomic E-state index is 0.332. The van der Waals surface area contributed by atoms with Gasteiger partial charge in [-0.15, -0.1) is 0 Å². The second-order valence-electron chi connectivity index (χ2n) is 4.14. The van der Waals surface area contributed by atoms with Crippen molar-refractivity contribution in [2.75, 3.05) is 6.61 Å². The van der Waals surface area contributed by atoms with Gasteiger partial charge in [-0.25, -0.2) is 4.39 Å². The number of hydrogen-bond donors (Lipinski definition) is 2. The van der Waals surface area contributed by atoms with Crippen molar-refractivity contribution in [3.63, 3.8) is 0 Å². The van der Waals surface area contributed by atoms with Gasteiger partial charge in [-0.1, -0.05) is 0 Å². The molecule has 0 saturated carbocycles. The van der Waals surface area contributed by atoms with E-state index in [-0.39, 0.29) is 11.6 Å². The van der Waals surface area contributed by atoms with E-state index in [2.05, 4.69) is 0 Å². The first-order chi connectivity index (χ1) is 8.58. The lowest BCUT2D eigenvalue weighted by atomic mass is 10.0. The van der Waals surface area contributed by atoms with Crippen LogP contribution in [0.15, 0.2) is 24.4 Å². The Bertz CT molecular complexity index is 592. The maximum absolute atomic E-state index is 13.2. The summed E-state index contributed by atoms with van der Waals surface area (Å²) in [5.74, 6) is -0.679. The molecule has 1 heterocycles. The number of benzene rings is 1. The van der Waals surface area contributed by atoms with E-state index < -0.39 is 12.6 Å². The van der Waals surface area contributed by atoms with Crippen LogP contribution in [-0.2, 0) is 6.54 Å². The zero-order valence-corrected chi connectivity index (χ0v) is 10.1. The van der Waals surface area contributed by atoms with Crippen molar-refractivity contribution in [2.24, 2.45) is 5.73 Å². The van der Waals surface area contributed by atoms with E-state index in [9.17, 15) is 9.18 Å². The Kier molecular flexibility index (Phi) is 3.45. The van der Waals surface area contributed by atoms with Gasteiger partial charge in [0.1, 0.15) is 5.82 Å². The Morgan fingerprint density at radius 3 is 2.89 bits per heavy atom. The Morgan fingerprint density at radius 2 is 2.28 bits per heavy atom. The molecule has 0 saturated heterocycles. The van der Waals surface area contributed by atoms with Gasteiger partial charge >= 0.3 is 0 Å². The Balaban J connectivity index is 2.62. The topological polar surface area (TPSA) is 68.2 Å². The van der Waals surface area contributed by atoms with Crippen LogP contribution in [0.25, 0.3) is 10.9 Å². The summed E-state index contributed by atoms with van der Waals surface area (Å²) in [6, 6.07) is 3.32. The quantitative estimate of drug-likeness (QED) is 0.804. The Labute approximate surface area is 104 Å². The number of aromatic nitrogens is 1. The first kappa shape index (κ1) is 12.7. The maximum atomic E-state index is 13.2. The van der Waals surface area contributed by atoms with Crippen LogP contribution in [0, 0.1) is 5.82 Å². The molecule has 0 bridgehead atoms. The highest BCUT2D eigenvalue weighted by Gasteiger charge is 2.20. The number of rotatable bonds is 4. The van der Waals surface area contributed by atoms with E-state index in [1.165, 1.54) is 12.1 Å². The van der Waals surface area contributed by atoms with Crippen LogP contribution in [0.1, 0.15) is 17.3 Å². The van der Waals surface area contributed by atoms with E-state index in [1.54, 1.807) is 16.8 Å². The number of aryl methyl sites for hydroxylation is 1. The molecule has 5 heteroatoms. The average molecular weight is 250 g/mol. The van der Waals surface area contributed by atoms with Crippen LogP contribution in [0.3, 0.4) is 0 Å². The molecule has 3 N–H and O–H groups in total. The van der Waals surface area contributed by atoms with Gasteiger partial charge in [0.2, 0.25) is 0 Å². The van der Waals surface area contributed by atoms with Crippen molar-refractivity contribution in [2.45, 2.75) is 19.5 Å². The van der Waals surface area contributed by atoms with Gasteiger partial charge in [-0.2, -0.15) is 0 Å². The zero-order valence-electron chi connectivity index (χ0n) is 10.1. The lowest BCUT2D eigenvalue weighted by Crippen LogP contribution is -2.33.